The molecule has 0 aliphatic rings. The molecule has 16 heavy (non-hydrogen) atoms. The number of nitrogens with one attached hydrogen (secondary N) is 1. The minimum Gasteiger partial charge on any atom is -0.618 e. The number of carbonyl (C=O) groups is 1. The van der Waals surface area contributed by atoms with E-state index in [0.717, 1.165) is 23.2 Å². The van der Waals surface area contributed by atoms with Crippen LogP contribution in [0.5, 0.6) is 0 Å². The first-order chi connectivity index (χ1) is 7.77. The zero-order valence-corrected chi connectivity index (χ0v) is 10.6. The number of aromatic nitrogens is 1. The number of pyridine rings is 1. The molecule has 0 radical (unpaired) electrons. The van der Waals surface area contributed by atoms with Crippen LogP contribution in [-0.2, 0) is 4.79 Å². The number of thioether (sulfide) groups is 1. The van der Waals surface area contributed by atoms with E-state index in [1.54, 1.807) is 30.0 Å². The van der Waals surface area contributed by atoms with E-state index >= 15 is 0 Å². The molecule has 1 atom stereocenters. The summed E-state index contributed by atoms with van der Waals surface area (Å²) in [5.41, 5.74) is 0. The maximum Gasteiger partial charge on any atom is 0.266 e. The van der Waals surface area contributed by atoms with Crippen molar-refractivity contribution in [3.8, 4) is 0 Å². The van der Waals surface area contributed by atoms with Gasteiger partial charge in [0.1, 0.15) is 6.29 Å². The lowest BCUT2D eigenvalue weighted by Gasteiger charge is -2.10. The highest BCUT2D eigenvalue weighted by atomic mass is 32.2. The molecule has 6 heteroatoms. The van der Waals surface area contributed by atoms with Crippen LogP contribution < -0.4 is 9.45 Å². The zero-order chi connectivity index (χ0) is 11.8. The van der Waals surface area contributed by atoms with Gasteiger partial charge in [0.05, 0.1) is 6.04 Å². The maximum atomic E-state index is 11.3. The second kappa shape index (κ2) is 7.54. The van der Waals surface area contributed by atoms with Gasteiger partial charge >= 0.3 is 0 Å². The number of nitrogens with zero attached hydrogens (tertiary/aromatic N) is 1. The summed E-state index contributed by atoms with van der Waals surface area (Å²) in [6.07, 6.45) is 5.07. The maximum absolute atomic E-state index is 11.3. The molecule has 0 amide bonds. The van der Waals surface area contributed by atoms with Gasteiger partial charge in [-0.05, 0) is 24.5 Å². The second-order valence-corrected chi connectivity index (χ2v) is 4.95. The van der Waals surface area contributed by atoms with Gasteiger partial charge in [-0.1, -0.05) is 0 Å². The Morgan fingerprint density at radius 3 is 3.06 bits per heavy atom. The van der Waals surface area contributed by atoms with Gasteiger partial charge in [0.25, 0.3) is 5.03 Å². The second-order valence-electron chi connectivity index (χ2n) is 3.11. The summed E-state index contributed by atoms with van der Waals surface area (Å²) in [5, 5.41) is 11.8. The van der Waals surface area contributed by atoms with Crippen molar-refractivity contribution in [2.75, 3.05) is 12.0 Å². The van der Waals surface area contributed by atoms with Gasteiger partial charge < -0.3 is 10.0 Å². The predicted octanol–water partition coefficient (Wildman–Crippen LogP) is 1.24. The summed E-state index contributed by atoms with van der Waals surface area (Å²) in [6, 6.07) is 4.96. The Hall–Kier alpha value is -0.720. The Balaban J connectivity index is 2.43. The third-order valence-electron chi connectivity index (χ3n) is 1.90. The normalized spacial score (nSPS) is 12.3. The molecule has 0 saturated heterocycles. The van der Waals surface area contributed by atoms with Gasteiger partial charge in [0.15, 0.2) is 6.20 Å². The lowest BCUT2D eigenvalue weighted by atomic mass is 10.3. The number of hydrogen-bond acceptors (Lipinski definition) is 5. The summed E-state index contributed by atoms with van der Waals surface area (Å²) in [4.78, 5) is 10.7. The van der Waals surface area contributed by atoms with Gasteiger partial charge in [-0.3, -0.25) is 0 Å². The molecule has 4 nitrogen and oxygen atoms in total. The third kappa shape index (κ3) is 4.42. The Kier molecular flexibility index (Phi) is 6.29. The predicted molar refractivity (Wildman–Crippen MR) is 67.2 cm³/mol. The van der Waals surface area contributed by atoms with Crippen LogP contribution in [0.3, 0.4) is 0 Å². The van der Waals surface area contributed by atoms with E-state index in [0.29, 0.717) is 5.03 Å². The molecule has 0 unspecified atom stereocenters. The average Bonchev–Trinajstić information content (AvgIpc) is 2.31. The van der Waals surface area contributed by atoms with E-state index in [9.17, 15) is 10.0 Å². The standard InChI is InChI=1S/C10H14N2O2S2/c1-15-7-5-9(8-13)11-16-10-4-2-3-6-12(10)14/h2-4,6,8-9,11H,5,7H2,1H3/t9-/m0/s1. The Morgan fingerprint density at radius 2 is 2.44 bits per heavy atom. The lowest BCUT2D eigenvalue weighted by Crippen LogP contribution is -2.32. The molecule has 0 aliphatic carbocycles. The van der Waals surface area contributed by atoms with Crippen molar-refractivity contribution in [3.05, 3.63) is 29.6 Å². The van der Waals surface area contributed by atoms with Crippen molar-refractivity contribution >= 4 is 30.0 Å². The first-order valence-electron chi connectivity index (χ1n) is 4.82. The molecule has 0 saturated carbocycles. The van der Waals surface area contributed by atoms with Crippen molar-refractivity contribution in [1.82, 2.24) is 4.72 Å². The monoisotopic (exact) mass is 258 g/mol. The molecule has 1 heterocycles. The highest BCUT2D eigenvalue weighted by molar-refractivity contribution is 7.98. The van der Waals surface area contributed by atoms with E-state index < -0.39 is 0 Å². The molecule has 0 aliphatic heterocycles. The van der Waals surface area contributed by atoms with Gasteiger partial charge in [0, 0.05) is 24.1 Å². The largest absolute Gasteiger partial charge is 0.618 e. The molecule has 1 rings (SSSR count). The third-order valence-corrected chi connectivity index (χ3v) is 3.49. The van der Waals surface area contributed by atoms with Gasteiger partial charge in [-0.2, -0.15) is 16.5 Å². The van der Waals surface area contributed by atoms with Crippen LogP contribution >= 0.6 is 23.7 Å². The topological polar surface area (TPSA) is 56.0 Å². The van der Waals surface area contributed by atoms with Crippen molar-refractivity contribution in [2.24, 2.45) is 0 Å². The Bertz CT molecular complexity index is 336. The number of aldehydes is 1. The smallest absolute Gasteiger partial charge is 0.266 e. The average molecular weight is 258 g/mol. The van der Waals surface area contributed by atoms with Crippen LogP contribution in [0.25, 0.3) is 0 Å². The highest BCUT2D eigenvalue weighted by Crippen LogP contribution is 2.10. The molecule has 88 valence electrons. The number of hydrogen-bond donors (Lipinski definition) is 1. The fourth-order valence-corrected chi connectivity index (χ4v) is 2.26. The summed E-state index contributed by atoms with van der Waals surface area (Å²) in [6.45, 7) is 0. The molecule has 1 aromatic heterocycles. The molecular weight excluding hydrogens is 244 g/mol. The molecule has 0 fully saturated rings. The zero-order valence-electron chi connectivity index (χ0n) is 8.96. The van der Waals surface area contributed by atoms with E-state index in [4.69, 9.17) is 0 Å². The van der Waals surface area contributed by atoms with Crippen LogP contribution in [0.1, 0.15) is 6.42 Å². The van der Waals surface area contributed by atoms with Crippen LogP contribution in [0.15, 0.2) is 29.4 Å². The van der Waals surface area contributed by atoms with E-state index in [1.807, 2.05) is 6.26 Å². The van der Waals surface area contributed by atoms with Crippen LogP contribution in [0, 0.1) is 5.21 Å². The molecule has 0 spiro atoms. The molecule has 1 aromatic rings. The molecular formula is C10H14N2O2S2. The molecule has 1 N–H and O–H groups in total. The minimum atomic E-state index is -0.211. The quantitative estimate of drug-likeness (QED) is 0.345. The molecule has 0 bridgehead atoms. The number of rotatable bonds is 7. The van der Waals surface area contributed by atoms with Crippen LogP contribution in [0.2, 0.25) is 0 Å². The van der Waals surface area contributed by atoms with E-state index in [1.165, 1.54) is 18.1 Å². The van der Waals surface area contributed by atoms with Crippen LogP contribution in [0.4, 0.5) is 0 Å². The van der Waals surface area contributed by atoms with Gasteiger partial charge in [0.2, 0.25) is 0 Å². The van der Waals surface area contributed by atoms with Crippen molar-refractivity contribution in [2.45, 2.75) is 17.5 Å². The van der Waals surface area contributed by atoms with Gasteiger partial charge in [-0.25, -0.2) is 4.72 Å². The first-order valence-corrected chi connectivity index (χ1v) is 7.03. The number of carbonyl (C=O) groups excluding carboxylic acids is 1. The Morgan fingerprint density at radius 1 is 1.62 bits per heavy atom. The van der Waals surface area contributed by atoms with Crippen molar-refractivity contribution < 1.29 is 9.52 Å². The SMILES string of the molecule is CSCC[C@@H](C=O)NSc1cccc[n+]1[O-]. The summed E-state index contributed by atoms with van der Waals surface area (Å²) in [7, 11) is 0. The van der Waals surface area contributed by atoms with E-state index in [2.05, 4.69) is 4.72 Å². The van der Waals surface area contributed by atoms with Crippen molar-refractivity contribution in [3.63, 3.8) is 0 Å². The summed E-state index contributed by atoms with van der Waals surface area (Å²) < 4.78 is 3.75. The Labute approximate surface area is 104 Å². The fourth-order valence-electron chi connectivity index (χ4n) is 1.03. The summed E-state index contributed by atoms with van der Waals surface area (Å²) >= 11 is 2.89. The first kappa shape index (κ1) is 13.3. The van der Waals surface area contributed by atoms with Crippen LogP contribution in [-0.4, -0.2) is 24.3 Å². The minimum absolute atomic E-state index is 0.211. The highest BCUT2D eigenvalue weighted by Gasteiger charge is 2.10. The van der Waals surface area contributed by atoms with Crippen molar-refractivity contribution in [1.29, 1.82) is 0 Å². The summed E-state index contributed by atoms with van der Waals surface area (Å²) in [5.74, 6) is 0.920. The fraction of sp³-hybridized carbons (Fsp3) is 0.400. The lowest BCUT2D eigenvalue weighted by molar-refractivity contribution is -0.645. The van der Waals surface area contributed by atoms with E-state index in [-0.39, 0.29) is 6.04 Å². The van der Waals surface area contributed by atoms with Gasteiger partial charge in [-0.15, -0.1) is 0 Å². The molecule has 0 aromatic carbocycles.